The zero-order valence-electron chi connectivity index (χ0n) is 12.5. The van der Waals surface area contributed by atoms with E-state index in [1.165, 1.54) is 31.4 Å². The number of rotatable bonds is 3. The maximum absolute atomic E-state index is 12.7. The van der Waals surface area contributed by atoms with Crippen molar-refractivity contribution < 1.29 is 9.90 Å². The molecule has 3 nitrogen and oxygen atoms in total. The number of carbonyl (C=O) groups is 1. The van der Waals surface area contributed by atoms with Gasteiger partial charge in [-0.25, -0.2) is 0 Å². The summed E-state index contributed by atoms with van der Waals surface area (Å²) in [6, 6.07) is 3.40. The lowest BCUT2D eigenvalue weighted by Crippen LogP contribution is -2.39. The predicted molar refractivity (Wildman–Crippen MR) is 88.5 cm³/mol. The Bertz CT molecular complexity index is 547. The molecular weight excluding hydrogens is 321 g/mol. The fraction of sp³-hybridized carbons (Fsp3) is 0.588. The van der Waals surface area contributed by atoms with Crippen molar-refractivity contribution in [1.82, 2.24) is 4.90 Å². The third-order valence-corrected chi connectivity index (χ3v) is 5.62. The standard InChI is InChI=1S/C17H21Cl2NO2/c18-15-9-13(21)10-16(19)14(15)8-11-6-7-20(17(11)22)12-4-2-1-3-5-12/h9-12,21H,1-8H2/t11-/m0/s1. The van der Waals surface area contributed by atoms with Gasteiger partial charge in [-0.1, -0.05) is 42.5 Å². The van der Waals surface area contributed by atoms with Gasteiger partial charge in [-0.15, -0.1) is 0 Å². The van der Waals surface area contributed by atoms with Crippen LogP contribution in [0.4, 0.5) is 0 Å². The summed E-state index contributed by atoms with van der Waals surface area (Å²) in [6.07, 6.45) is 7.45. The summed E-state index contributed by atoms with van der Waals surface area (Å²) in [5, 5.41) is 10.4. The molecule has 0 unspecified atom stereocenters. The number of nitrogens with zero attached hydrogens (tertiary/aromatic N) is 1. The fourth-order valence-corrected chi connectivity index (χ4v) is 4.37. The van der Waals surface area contributed by atoms with Crippen LogP contribution in [0.5, 0.6) is 5.75 Å². The third-order valence-electron chi connectivity index (χ3n) is 4.94. The summed E-state index contributed by atoms with van der Waals surface area (Å²) in [5.74, 6) is 0.258. The van der Waals surface area contributed by atoms with Crippen LogP contribution in [0.1, 0.15) is 44.1 Å². The molecule has 2 fully saturated rings. The highest BCUT2D eigenvalue weighted by Crippen LogP contribution is 2.35. The first kappa shape index (κ1) is 15.9. The molecule has 1 aliphatic carbocycles. The number of likely N-dealkylation sites (tertiary alicyclic amines) is 1. The number of hydrogen-bond donors (Lipinski definition) is 1. The van der Waals surface area contributed by atoms with Crippen LogP contribution >= 0.6 is 23.2 Å². The molecule has 22 heavy (non-hydrogen) atoms. The second kappa shape index (κ2) is 6.67. The number of aromatic hydroxyl groups is 1. The number of phenols is 1. The maximum atomic E-state index is 12.7. The highest BCUT2D eigenvalue weighted by molar-refractivity contribution is 6.36. The van der Waals surface area contributed by atoms with Crippen LogP contribution in [-0.4, -0.2) is 28.5 Å². The molecule has 1 N–H and O–H groups in total. The van der Waals surface area contributed by atoms with E-state index in [4.69, 9.17) is 23.2 Å². The minimum absolute atomic E-state index is 0.0403. The van der Waals surface area contributed by atoms with Crippen LogP contribution in [0.2, 0.25) is 10.0 Å². The lowest BCUT2D eigenvalue weighted by Gasteiger charge is -2.31. The molecule has 1 saturated heterocycles. The Balaban J connectivity index is 1.71. The molecule has 0 spiro atoms. The summed E-state index contributed by atoms with van der Waals surface area (Å²) in [4.78, 5) is 14.8. The highest BCUT2D eigenvalue weighted by atomic mass is 35.5. The summed E-state index contributed by atoms with van der Waals surface area (Å²) < 4.78 is 0. The first-order valence-corrected chi connectivity index (χ1v) is 8.79. The molecule has 1 amide bonds. The average Bonchev–Trinajstić information content (AvgIpc) is 2.85. The van der Waals surface area contributed by atoms with E-state index in [0.29, 0.717) is 22.5 Å². The molecule has 1 saturated carbocycles. The van der Waals surface area contributed by atoms with Gasteiger partial charge in [0.15, 0.2) is 0 Å². The lowest BCUT2D eigenvalue weighted by atomic mass is 9.94. The van der Waals surface area contributed by atoms with E-state index in [2.05, 4.69) is 4.90 Å². The molecule has 1 atom stereocenters. The van der Waals surface area contributed by atoms with Gasteiger partial charge in [-0.2, -0.15) is 0 Å². The van der Waals surface area contributed by atoms with Crippen molar-refractivity contribution >= 4 is 29.1 Å². The van der Waals surface area contributed by atoms with Gasteiger partial charge < -0.3 is 10.0 Å². The number of carbonyl (C=O) groups excluding carboxylic acids is 1. The van der Waals surface area contributed by atoms with Gasteiger partial charge in [0.05, 0.1) is 0 Å². The van der Waals surface area contributed by atoms with Gasteiger partial charge in [0, 0.05) is 28.5 Å². The number of hydrogen-bond acceptors (Lipinski definition) is 2. The molecule has 1 heterocycles. The van der Waals surface area contributed by atoms with Gasteiger partial charge >= 0.3 is 0 Å². The van der Waals surface area contributed by atoms with Gasteiger partial charge in [0.25, 0.3) is 0 Å². The normalized spacial score (nSPS) is 23.3. The average molecular weight is 342 g/mol. The van der Waals surface area contributed by atoms with Crippen LogP contribution in [0.15, 0.2) is 12.1 Å². The minimum atomic E-state index is -0.0403. The first-order chi connectivity index (χ1) is 10.6. The second-order valence-electron chi connectivity index (χ2n) is 6.40. The molecule has 5 heteroatoms. The van der Waals surface area contributed by atoms with Gasteiger partial charge in [-0.05, 0) is 43.4 Å². The van der Waals surface area contributed by atoms with Crippen LogP contribution in [-0.2, 0) is 11.2 Å². The summed E-state index contributed by atoms with van der Waals surface area (Å²) in [7, 11) is 0. The van der Waals surface area contributed by atoms with E-state index in [9.17, 15) is 9.90 Å². The molecule has 1 aromatic rings. The molecule has 3 rings (SSSR count). The molecule has 1 aromatic carbocycles. The van der Waals surface area contributed by atoms with Crippen molar-refractivity contribution in [2.75, 3.05) is 6.54 Å². The number of benzene rings is 1. The third kappa shape index (κ3) is 3.21. The number of halogens is 2. The van der Waals surface area contributed by atoms with Crippen molar-refractivity contribution in [1.29, 1.82) is 0 Å². The molecular formula is C17H21Cl2NO2. The van der Waals surface area contributed by atoms with E-state index in [-0.39, 0.29) is 17.6 Å². The van der Waals surface area contributed by atoms with Crippen molar-refractivity contribution in [3.05, 3.63) is 27.7 Å². The largest absolute Gasteiger partial charge is 0.508 e. The first-order valence-electron chi connectivity index (χ1n) is 8.03. The van der Waals surface area contributed by atoms with Crippen molar-refractivity contribution in [2.24, 2.45) is 5.92 Å². The van der Waals surface area contributed by atoms with Crippen LogP contribution in [0, 0.1) is 5.92 Å². The Morgan fingerprint density at radius 1 is 1.09 bits per heavy atom. The monoisotopic (exact) mass is 341 g/mol. The second-order valence-corrected chi connectivity index (χ2v) is 7.22. The lowest BCUT2D eigenvalue weighted by molar-refractivity contribution is -0.133. The van der Waals surface area contributed by atoms with Crippen molar-refractivity contribution in [3.8, 4) is 5.75 Å². The maximum Gasteiger partial charge on any atom is 0.226 e. The molecule has 2 aliphatic rings. The Morgan fingerprint density at radius 2 is 1.73 bits per heavy atom. The molecule has 1 aliphatic heterocycles. The summed E-state index contributed by atoms with van der Waals surface area (Å²) in [5.41, 5.74) is 0.768. The highest BCUT2D eigenvalue weighted by Gasteiger charge is 2.36. The van der Waals surface area contributed by atoms with E-state index in [1.807, 2.05) is 0 Å². The minimum Gasteiger partial charge on any atom is -0.508 e. The van der Waals surface area contributed by atoms with E-state index in [0.717, 1.165) is 31.4 Å². The number of phenolic OH excluding ortho intramolecular Hbond substituents is 1. The zero-order valence-corrected chi connectivity index (χ0v) is 14.0. The molecule has 0 aromatic heterocycles. The predicted octanol–water partition coefficient (Wildman–Crippen LogP) is 4.42. The van der Waals surface area contributed by atoms with E-state index >= 15 is 0 Å². The molecule has 0 bridgehead atoms. The molecule has 0 radical (unpaired) electrons. The molecule has 120 valence electrons. The van der Waals surface area contributed by atoms with Gasteiger partial charge in [0.1, 0.15) is 5.75 Å². The quantitative estimate of drug-likeness (QED) is 0.883. The van der Waals surface area contributed by atoms with Gasteiger partial charge in [0.2, 0.25) is 5.91 Å². The Kier molecular flexibility index (Phi) is 4.84. The fourth-order valence-electron chi connectivity index (χ4n) is 3.74. The topological polar surface area (TPSA) is 40.5 Å². The Morgan fingerprint density at radius 3 is 2.36 bits per heavy atom. The zero-order chi connectivity index (χ0) is 15.7. The summed E-state index contributed by atoms with van der Waals surface area (Å²) >= 11 is 12.4. The van der Waals surface area contributed by atoms with E-state index in [1.54, 1.807) is 0 Å². The van der Waals surface area contributed by atoms with Gasteiger partial charge in [-0.3, -0.25) is 4.79 Å². The SMILES string of the molecule is O=C1[C@H](Cc2c(Cl)cc(O)cc2Cl)CCN1C1CCCCC1. The summed E-state index contributed by atoms with van der Waals surface area (Å²) in [6.45, 7) is 0.849. The number of amides is 1. The van der Waals surface area contributed by atoms with Crippen molar-refractivity contribution in [3.63, 3.8) is 0 Å². The Labute approximate surface area is 141 Å². The van der Waals surface area contributed by atoms with Crippen LogP contribution in [0.25, 0.3) is 0 Å². The van der Waals surface area contributed by atoms with E-state index < -0.39 is 0 Å². The Hall–Kier alpha value is -0.930. The van der Waals surface area contributed by atoms with Crippen LogP contribution in [0.3, 0.4) is 0 Å². The van der Waals surface area contributed by atoms with Crippen LogP contribution < -0.4 is 0 Å². The smallest absolute Gasteiger partial charge is 0.226 e. The van der Waals surface area contributed by atoms with Crippen molar-refractivity contribution in [2.45, 2.75) is 51.0 Å².